The van der Waals surface area contributed by atoms with Crippen LogP contribution in [0.4, 0.5) is 0 Å². The molecule has 1 N–H and O–H groups in total. The molecule has 0 rings (SSSR count). The van der Waals surface area contributed by atoms with Crippen LogP contribution in [0.2, 0.25) is 0 Å². The molecule has 0 aromatic rings. The molecule has 0 saturated carbocycles. The zero-order valence-electron chi connectivity index (χ0n) is 6.14. The summed E-state index contributed by atoms with van der Waals surface area (Å²) in [7, 11) is 0. The van der Waals surface area contributed by atoms with E-state index in [1.54, 1.807) is 0 Å². The van der Waals surface area contributed by atoms with Gasteiger partial charge < -0.3 is 5.32 Å². The fourth-order valence-corrected chi connectivity index (χ4v) is 0.913. The predicted molar refractivity (Wildman–Crippen MR) is 41.8 cm³/mol. The fourth-order valence-electron chi connectivity index (χ4n) is 0.422. The Morgan fingerprint density at radius 2 is 2.00 bits per heavy atom. The molecule has 3 nitrogen and oxygen atoms in total. The fraction of sp³-hybridized carbons (Fsp3) is 0.667. The van der Waals surface area contributed by atoms with Crippen molar-refractivity contribution < 1.29 is 9.59 Å². The standard InChI is InChI=1S/C6H11NO2S/c1-5(8)7-3-4-10-6(2)9/h3-4H2,1-2H3,(H,7,8)/i2+1. The number of hydrogen-bond donors (Lipinski definition) is 1. The van der Waals surface area contributed by atoms with Gasteiger partial charge in [-0.1, -0.05) is 11.8 Å². The third kappa shape index (κ3) is 7.49. The van der Waals surface area contributed by atoms with Crippen LogP contribution in [0.5, 0.6) is 0 Å². The van der Waals surface area contributed by atoms with Crippen LogP contribution in [-0.2, 0) is 9.59 Å². The van der Waals surface area contributed by atoms with Crippen LogP contribution in [0.15, 0.2) is 0 Å². The highest BCUT2D eigenvalue weighted by molar-refractivity contribution is 8.13. The first-order chi connectivity index (χ1) is 4.63. The van der Waals surface area contributed by atoms with Gasteiger partial charge in [0.2, 0.25) is 5.91 Å². The molecule has 4 heteroatoms. The quantitative estimate of drug-likeness (QED) is 0.482. The molecule has 58 valence electrons. The summed E-state index contributed by atoms with van der Waals surface area (Å²) in [6.07, 6.45) is 0. The summed E-state index contributed by atoms with van der Waals surface area (Å²) in [4.78, 5) is 20.6. The Hall–Kier alpha value is -0.510. The van der Waals surface area contributed by atoms with Crippen molar-refractivity contribution in [3.8, 4) is 0 Å². The van der Waals surface area contributed by atoms with Gasteiger partial charge in [-0.25, -0.2) is 0 Å². The summed E-state index contributed by atoms with van der Waals surface area (Å²) in [5.74, 6) is 0.610. The minimum absolute atomic E-state index is 0.0517. The number of amides is 1. The number of rotatable bonds is 3. The molecule has 0 heterocycles. The van der Waals surface area contributed by atoms with Gasteiger partial charge in [0.25, 0.3) is 0 Å². The van der Waals surface area contributed by atoms with E-state index in [0.717, 1.165) is 0 Å². The van der Waals surface area contributed by atoms with Crippen molar-refractivity contribution >= 4 is 22.8 Å². The van der Waals surface area contributed by atoms with Crippen LogP contribution in [-0.4, -0.2) is 23.3 Å². The van der Waals surface area contributed by atoms with Crippen LogP contribution in [0, 0.1) is 0 Å². The number of carbonyl (C=O) groups is 2. The molecular weight excluding hydrogens is 151 g/mol. The first-order valence-electron chi connectivity index (χ1n) is 3.00. The van der Waals surface area contributed by atoms with Gasteiger partial charge in [0.05, 0.1) is 0 Å². The Morgan fingerprint density at radius 1 is 1.40 bits per heavy atom. The summed E-state index contributed by atoms with van der Waals surface area (Å²) in [5.41, 5.74) is 0. The minimum atomic E-state index is -0.0517. The lowest BCUT2D eigenvalue weighted by molar-refractivity contribution is -0.118. The van der Waals surface area contributed by atoms with Crippen molar-refractivity contribution in [2.45, 2.75) is 13.8 Å². The highest BCUT2D eigenvalue weighted by Crippen LogP contribution is 1.97. The van der Waals surface area contributed by atoms with Gasteiger partial charge in [-0.2, -0.15) is 0 Å². The van der Waals surface area contributed by atoms with Crippen LogP contribution >= 0.6 is 11.8 Å². The Balaban J connectivity index is 3.06. The second kappa shape index (κ2) is 5.29. The van der Waals surface area contributed by atoms with Crippen molar-refractivity contribution in [1.29, 1.82) is 0 Å². The van der Waals surface area contributed by atoms with E-state index in [2.05, 4.69) is 5.32 Å². The Labute approximate surface area is 64.6 Å². The van der Waals surface area contributed by atoms with Gasteiger partial charge in [-0.05, 0) is 0 Å². The van der Waals surface area contributed by atoms with Crippen molar-refractivity contribution in [3.63, 3.8) is 0 Å². The van der Waals surface area contributed by atoms with E-state index in [1.165, 1.54) is 25.6 Å². The predicted octanol–water partition coefficient (Wildman–Crippen LogP) is 0.402. The lowest BCUT2D eigenvalue weighted by Gasteiger charge is -1.97. The van der Waals surface area contributed by atoms with Crippen molar-refractivity contribution in [2.75, 3.05) is 12.3 Å². The topological polar surface area (TPSA) is 46.2 Å². The van der Waals surface area contributed by atoms with Crippen molar-refractivity contribution in [3.05, 3.63) is 0 Å². The molecule has 0 aliphatic rings. The molecular formula is C6H11NO2S. The normalized spacial score (nSPS) is 9.00. The van der Waals surface area contributed by atoms with Crippen molar-refractivity contribution in [1.82, 2.24) is 5.32 Å². The molecule has 0 aliphatic carbocycles. The zero-order valence-corrected chi connectivity index (χ0v) is 6.96. The molecule has 0 aromatic heterocycles. The monoisotopic (exact) mass is 162 g/mol. The third-order valence-electron chi connectivity index (χ3n) is 0.781. The maximum absolute atomic E-state index is 10.3. The van der Waals surface area contributed by atoms with Gasteiger partial charge in [0, 0.05) is 26.1 Å². The lowest BCUT2D eigenvalue weighted by Crippen LogP contribution is -2.22. The highest BCUT2D eigenvalue weighted by Gasteiger charge is 1.93. The Morgan fingerprint density at radius 3 is 2.40 bits per heavy atom. The molecule has 0 atom stereocenters. The Kier molecular flexibility index (Phi) is 5.02. The number of hydrogen-bond acceptors (Lipinski definition) is 3. The molecule has 0 unspecified atom stereocenters. The number of carbonyl (C=O) groups excluding carboxylic acids is 2. The molecule has 1 amide bonds. The molecule has 0 fully saturated rings. The van der Waals surface area contributed by atoms with Crippen LogP contribution in [0.1, 0.15) is 13.8 Å². The average molecular weight is 162 g/mol. The summed E-state index contributed by atoms with van der Waals surface area (Å²) in [6.45, 7) is 3.54. The highest BCUT2D eigenvalue weighted by atomic mass is 32.2. The molecule has 0 spiro atoms. The van der Waals surface area contributed by atoms with E-state index < -0.39 is 0 Å². The van der Waals surface area contributed by atoms with Gasteiger partial charge in [-0.3, -0.25) is 9.59 Å². The van der Waals surface area contributed by atoms with Gasteiger partial charge >= 0.3 is 0 Å². The van der Waals surface area contributed by atoms with E-state index in [4.69, 9.17) is 0 Å². The first kappa shape index (κ1) is 9.49. The van der Waals surface area contributed by atoms with Crippen molar-refractivity contribution in [2.24, 2.45) is 0 Å². The van der Waals surface area contributed by atoms with Gasteiger partial charge in [-0.15, -0.1) is 0 Å². The molecule has 0 aliphatic heterocycles. The van der Waals surface area contributed by atoms with E-state index in [0.29, 0.717) is 12.3 Å². The van der Waals surface area contributed by atoms with E-state index in [-0.39, 0.29) is 11.0 Å². The lowest BCUT2D eigenvalue weighted by atomic mass is 10.6. The van der Waals surface area contributed by atoms with E-state index in [9.17, 15) is 9.59 Å². The maximum Gasteiger partial charge on any atom is 0.216 e. The summed E-state index contributed by atoms with van der Waals surface area (Å²) >= 11 is 1.22. The second-order valence-corrected chi connectivity index (χ2v) is 3.09. The number of nitrogens with one attached hydrogen (secondary N) is 1. The molecule has 0 radical (unpaired) electrons. The van der Waals surface area contributed by atoms with Crippen LogP contribution < -0.4 is 5.32 Å². The maximum atomic E-state index is 10.3. The zero-order chi connectivity index (χ0) is 7.98. The number of thioether (sulfide) groups is 1. The Bertz CT molecular complexity index is 120. The molecule has 10 heavy (non-hydrogen) atoms. The summed E-state index contributed by atoms with van der Waals surface area (Å²) in [6, 6.07) is 0. The second-order valence-electron chi connectivity index (χ2n) is 1.82. The molecule has 0 saturated heterocycles. The van der Waals surface area contributed by atoms with E-state index >= 15 is 0 Å². The third-order valence-corrected chi connectivity index (χ3v) is 1.60. The smallest absolute Gasteiger partial charge is 0.216 e. The minimum Gasteiger partial charge on any atom is -0.356 e. The van der Waals surface area contributed by atoms with Crippen LogP contribution in [0.3, 0.4) is 0 Å². The van der Waals surface area contributed by atoms with E-state index in [1.807, 2.05) is 0 Å². The van der Waals surface area contributed by atoms with Gasteiger partial charge in [0.1, 0.15) is 0 Å². The molecule has 0 aromatic carbocycles. The first-order valence-corrected chi connectivity index (χ1v) is 3.99. The average Bonchev–Trinajstić information content (AvgIpc) is 1.79. The molecule has 0 bridgehead atoms. The SMILES string of the molecule is CC(=O)NCCSC([13CH3])=O. The van der Waals surface area contributed by atoms with Gasteiger partial charge in [0.15, 0.2) is 5.12 Å². The largest absolute Gasteiger partial charge is 0.356 e. The summed E-state index contributed by atoms with van der Waals surface area (Å²) < 4.78 is 0. The van der Waals surface area contributed by atoms with Crippen LogP contribution in [0.25, 0.3) is 0 Å². The summed E-state index contributed by atoms with van der Waals surface area (Å²) in [5, 5.41) is 2.68.